The van der Waals surface area contributed by atoms with E-state index < -0.39 is 0 Å². The van der Waals surface area contributed by atoms with Crippen molar-refractivity contribution < 1.29 is 9.53 Å². The lowest BCUT2D eigenvalue weighted by molar-refractivity contribution is 0.0957. The van der Waals surface area contributed by atoms with Crippen molar-refractivity contribution in [1.29, 1.82) is 0 Å². The summed E-state index contributed by atoms with van der Waals surface area (Å²) >= 11 is 7.58. The standard InChI is InChI=1S/C26H28ClN3O2S/c1-19-18-20(12-13-21(19)27)32-16-15-30-23-9-5-4-8-22(23)29-25(30)11-3-2-6-14-28-26(31)24-10-7-17-33-24/h4-5,7-10,12-13,17-18H,2-3,6,11,14-16H2,1H3,(H,28,31). The Hall–Kier alpha value is -2.83. The fourth-order valence-corrected chi connectivity index (χ4v) is 4.57. The molecule has 2 aromatic heterocycles. The first-order chi connectivity index (χ1) is 16.1. The summed E-state index contributed by atoms with van der Waals surface area (Å²) in [6.45, 7) is 3.96. The Morgan fingerprint density at radius 1 is 1.12 bits per heavy atom. The van der Waals surface area contributed by atoms with Crippen molar-refractivity contribution in [2.45, 2.75) is 39.2 Å². The summed E-state index contributed by atoms with van der Waals surface area (Å²) in [5.41, 5.74) is 3.15. The van der Waals surface area contributed by atoms with Crippen molar-refractivity contribution in [1.82, 2.24) is 14.9 Å². The van der Waals surface area contributed by atoms with Gasteiger partial charge in [0.2, 0.25) is 0 Å². The highest BCUT2D eigenvalue weighted by Crippen LogP contribution is 2.22. The van der Waals surface area contributed by atoms with Gasteiger partial charge in [-0.3, -0.25) is 4.79 Å². The second kappa shape index (κ2) is 11.3. The molecule has 0 aliphatic heterocycles. The Kier molecular flexibility index (Phi) is 8.02. The molecule has 4 aromatic rings. The van der Waals surface area contributed by atoms with E-state index in [1.54, 1.807) is 0 Å². The van der Waals surface area contributed by atoms with Gasteiger partial charge >= 0.3 is 0 Å². The van der Waals surface area contributed by atoms with E-state index in [-0.39, 0.29) is 5.91 Å². The molecular formula is C26H28ClN3O2S. The minimum atomic E-state index is 0.0164. The average Bonchev–Trinajstić information content (AvgIpc) is 3.47. The molecule has 0 radical (unpaired) electrons. The van der Waals surface area contributed by atoms with Gasteiger partial charge in [0.1, 0.15) is 18.2 Å². The van der Waals surface area contributed by atoms with Crippen LogP contribution in [0.15, 0.2) is 60.0 Å². The second-order valence-corrected chi connectivity index (χ2v) is 9.33. The molecule has 7 heteroatoms. The van der Waals surface area contributed by atoms with E-state index in [1.165, 1.54) is 11.3 Å². The molecule has 0 unspecified atom stereocenters. The number of aromatic nitrogens is 2. The van der Waals surface area contributed by atoms with E-state index in [0.29, 0.717) is 13.2 Å². The topological polar surface area (TPSA) is 56.1 Å². The minimum absolute atomic E-state index is 0.0164. The SMILES string of the molecule is Cc1cc(OCCn2c(CCCCCNC(=O)c3cccs3)nc3ccccc32)ccc1Cl. The van der Waals surface area contributed by atoms with Crippen molar-refractivity contribution in [3.8, 4) is 5.75 Å². The quantitative estimate of drug-likeness (QED) is 0.256. The van der Waals surface area contributed by atoms with Gasteiger partial charge in [0.25, 0.3) is 5.91 Å². The average molecular weight is 482 g/mol. The van der Waals surface area contributed by atoms with E-state index in [4.69, 9.17) is 21.3 Å². The molecule has 172 valence electrons. The first-order valence-electron chi connectivity index (χ1n) is 11.3. The number of unbranched alkanes of at least 4 members (excludes halogenated alkanes) is 2. The number of halogens is 1. The molecule has 0 spiro atoms. The molecule has 0 saturated heterocycles. The summed E-state index contributed by atoms with van der Waals surface area (Å²) in [7, 11) is 0. The maximum absolute atomic E-state index is 12.0. The molecule has 2 heterocycles. The number of carbonyl (C=O) groups is 1. The highest BCUT2D eigenvalue weighted by molar-refractivity contribution is 7.12. The lowest BCUT2D eigenvalue weighted by Crippen LogP contribution is -2.23. The molecular weight excluding hydrogens is 454 g/mol. The molecule has 0 bridgehead atoms. The van der Waals surface area contributed by atoms with Crippen LogP contribution < -0.4 is 10.1 Å². The highest BCUT2D eigenvalue weighted by Gasteiger charge is 2.11. The number of ether oxygens (including phenoxy) is 1. The number of nitrogens with one attached hydrogen (secondary N) is 1. The van der Waals surface area contributed by atoms with Gasteiger partial charge in [-0.25, -0.2) is 4.98 Å². The maximum Gasteiger partial charge on any atom is 0.261 e. The molecule has 5 nitrogen and oxygen atoms in total. The predicted octanol–water partition coefficient (Wildman–Crippen LogP) is 6.28. The number of thiophene rings is 1. The molecule has 1 N–H and O–H groups in total. The number of amides is 1. The zero-order valence-electron chi connectivity index (χ0n) is 18.7. The molecule has 1 amide bonds. The summed E-state index contributed by atoms with van der Waals surface area (Å²) in [6, 6.07) is 17.7. The zero-order valence-corrected chi connectivity index (χ0v) is 20.3. The van der Waals surface area contributed by atoms with Crippen LogP contribution in [0.3, 0.4) is 0 Å². The van der Waals surface area contributed by atoms with Crippen LogP contribution in [0.5, 0.6) is 5.75 Å². The number of fused-ring (bicyclic) bond motifs is 1. The van der Waals surface area contributed by atoms with Crippen LogP contribution in [0.25, 0.3) is 11.0 Å². The van der Waals surface area contributed by atoms with Crippen molar-refractivity contribution in [2.24, 2.45) is 0 Å². The minimum Gasteiger partial charge on any atom is -0.492 e. The van der Waals surface area contributed by atoms with Crippen LogP contribution in [0.2, 0.25) is 5.02 Å². The number of imidazole rings is 1. The molecule has 33 heavy (non-hydrogen) atoms. The van der Waals surface area contributed by atoms with E-state index >= 15 is 0 Å². The van der Waals surface area contributed by atoms with E-state index in [2.05, 4.69) is 22.0 Å². The zero-order chi connectivity index (χ0) is 23.0. The van der Waals surface area contributed by atoms with Crippen molar-refractivity contribution in [2.75, 3.05) is 13.2 Å². The van der Waals surface area contributed by atoms with Gasteiger partial charge < -0.3 is 14.6 Å². The molecule has 0 aliphatic carbocycles. The first kappa shape index (κ1) is 23.3. The summed E-state index contributed by atoms with van der Waals surface area (Å²) < 4.78 is 8.24. The van der Waals surface area contributed by atoms with Crippen LogP contribution >= 0.6 is 22.9 Å². The molecule has 0 saturated carbocycles. The number of hydrogen-bond acceptors (Lipinski definition) is 4. The van der Waals surface area contributed by atoms with Gasteiger partial charge in [-0.15, -0.1) is 11.3 Å². The van der Waals surface area contributed by atoms with E-state index in [0.717, 1.165) is 70.3 Å². The number of carbonyl (C=O) groups excluding carboxylic acids is 1. The predicted molar refractivity (Wildman–Crippen MR) is 136 cm³/mol. The number of para-hydroxylation sites is 2. The van der Waals surface area contributed by atoms with Gasteiger partial charge in [0.05, 0.1) is 22.5 Å². The molecule has 0 atom stereocenters. The van der Waals surface area contributed by atoms with Crippen molar-refractivity contribution >= 4 is 39.9 Å². The number of hydrogen-bond donors (Lipinski definition) is 1. The van der Waals surface area contributed by atoms with Gasteiger partial charge in [0.15, 0.2) is 0 Å². The van der Waals surface area contributed by atoms with Gasteiger partial charge in [0, 0.05) is 18.0 Å². The van der Waals surface area contributed by atoms with Crippen LogP contribution in [0.4, 0.5) is 0 Å². The smallest absolute Gasteiger partial charge is 0.261 e. The number of rotatable bonds is 11. The largest absolute Gasteiger partial charge is 0.492 e. The summed E-state index contributed by atoms with van der Waals surface area (Å²) in [4.78, 5) is 17.6. The van der Waals surface area contributed by atoms with Crippen molar-refractivity contribution in [3.63, 3.8) is 0 Å². The van der Waals surface area contributed by atoms with Crippen LogP contribution in [0, 0.1) is 6.92 Å². The third-order valence-corrected chi connectivity index (χ3v) is 6.85. The summed E-state index contributed by atoms with van der Waals surface area (Å²) in [6.07, 6.45) is 3.91. The molecule has 0 fully saturated rings. The normalized spacial score (nSPS) is 11.1. The Balaban J connectivity index is 1.29. The third-order valence-electron chi connectivity index (χ3n) is 5.55. The summed E-state index contributed by atoms with van der Waals surface area (Å²) in [5.74, 6) is 1.92. The number of benzene rings is 2. The maximum atomic E-state index is 12.0. The van der Waals surface area contributed by atoms with Gasteiger partial charge in [-0.1, -0.05) is 36.2 Å². The van der Waals surface area contributed by atoms with Gasteiger partial charge in [-0.2, -0.15) is 0 Å². The van der Waals surface area contributed by atoms with E-state index in [1.807, 2.05) is 54.8 Å². The molecule has 4 rings (SSSR count). The van der Waals surface area contributed by atoms with Crippen LogP contribution in [-0.2, 0) is 13.0 Å². The Morgan fingerprint density at radius 2 is 2.00 bits per heavy atom. The fraction of sp³-hybridized carbons (Fsp3) is 0.308. The second-order valence-electron chi connectivity index (χ2n) is 7.97. The summed E-state index contributed by atoms with van der Waals surface area (Å²) in [5, 5.41) is 5.66. The Bertz CT molecular complexity index is 1200. The Morgan fingerprint density at radius 3 is 2.82 bits per heavy atom. The van der Waals surface area contributed by atoms with Gasteiger partial charge in [-0.05, 0) is 67.1 Å². The highest BCUT2D eigenvalue weighted by atomic mass is 35.5. The first-order valence-corrected chi connectivity index (χ1v) is 12.5. The lowest BCUT2D eigenvalue weighted by Gasteiger charge is -2.12. The van der Waals surface area contributed by atoms with Crippen LogP contribution in [0.1, 0.15) is 40.3 Å². The monoisotopic (exact) mass is 481 g/mol. The molecule has 0 aliphatic rings. The fourth-order valence-electron chi connectivity index (χ4n) is 3.81. The number of nitrogens with zero attached hydrogens (tertiary/aromatic N) is 2. The molecule has 2 aromatic carbocycles. The number of aryl methyl sites for hydroxylation is 2. The van der Waals surface area contributed by atoms with Crippen LogP contribution in [-0.4, -0.2) is 28.6 Å². The lowest BCUT2D eigenvalue weighted by atomic mass is 10.2. The van der Waals surface area contributed by atoms with Crippen molar-refractivity contribution in [3.05, 3.63) is 81.3 Å². The third kappa shape index (κ3) is 6.15. The Labute approximate surface area is 203 Å². The van der Waals surface area contributed by atoms with E-state index in [9.17, 15) is 4.79 Å².